The first-order chi connectivity index (χ1) is 11.1. The first-order valence-corrected chi connectivity index (χ1v) is 7.73. The molecule has 134 valence electrons. The van der Waals surface area contributed by atoms with Crippen LogP contribution in [0.1, 0.15) is 45.6 Å². The van der Waals surface area contributed by atoms with E-state index in [1.54, 1.807) is 20.8 Å². The predicted octanol–water partition coefficient (Wildman–Crippen LogP) is 2.93. The van der Waals surface area contributed by atoms with E-state index >= 15 is 0 Å². The maximum atomic E-state index is 13.5. The first-order valence-electron chi connectivity index (χ1n) is 7.73. The van der Waals surface area contributed by atoms with E-state index in [1.807, 2.05) is 0 Å². The van der Waals surface area contributed by atoms with Crippen LogP contribution in [0.4, 0.5) is 10.1 Å². The minimum atomic E-state index is -0.983. The van der Waals surface area contributed by atoms with E-state index in [-0.39, 0.29) is 37.5 Å². The molecule has 0 radical (unpaired) electrons. The molecule has 0 heterocycles. The number of hydrogen-bond acceptors (Lipinski definition) is 5. The van der Waals surface area contributed by atoms with Gasteiger partial charge in [-0.05, 0) is 45.2 Å². The lowest BCUT2D eigenvalue weighted by Gasteiger charge is -2.19. The summed E-state index contributed by atoms with van der Waals surface area (Å²) < 4.78 is 24.3. The van der Waals surface area contributed by atoms with Crippen molar-refractivity contribution < 1.29 is 28.6 Å². The zero-order chi connectivity index (χ0) is 18.3. The maximum Gasteiger partial charge on any atom is 0.306 e. The molecule has 1 aromatic rings. The normalized spacial score (nSPS) is 11.2. The molecule has 24 heavy (non-hydrogen) atoms. The third-order valence-corrected chi connectivity index (χ3v) is 2.99. The molecular formula is C17H24FNO5. The summed E-state index contributed by atoms with van der Waals surface area (Å²) in [5.74, 6) is -1.59. The molecule has 3 N–H and O–H groups in total. The smallest absolute Gasteiger partial charge is 0.306 e. The number of nitrogens with two attached hydrogens (primary N) is 1. The van der Waals surface area contributed by atoms with Gasteiger partial charge >= 0.3 is 11.9 Å². The average Bonchev–Trinajstić information content (AvgIpc) is 2.43. The SMILES string of the molecule is CC(C)(C)OC(=O)CCCOc1cc(N)c(F)cc1CCC(=O)O. The fourth-order valence-electron chi connectivity index (χ4n) is 1.97. The third kappa shape index (κ3) is 7.30. The monoisotopic (exact) mass is 341 g/mol. The standard InChI is InChI=1S/C17H24FNO5/c1-17(2,3)24-16(22)5-4-8-23-14-10-13(19)12(18)9-11(14)6-7-15(20)21/h9-10H,4-8,19H2,1-3H3,(H,20,21). The lowest BCUT2D eigenvalue weighted by atomic mass is 10.1. The van der Waals surface area contributed by atoms with E-state index in [0.717, 1.165) is 0 Å². The molecule has 0 saturated heterocycles. The Morgan fingerprint density at radius 1 is 1.25 bits per heavy atom. The molecule has 1 aromatic carbocycles. The molecule has 0 aliphatic rings. The van der Waals surface area contributed by atoms with Gasteiger partial charge in [0.05, 0.1) is 12.3 Å². The number of aliphatic carboxylic acids is 1. The Kier molecular flexibility index (Phi) is 7.00. The van der Waals surface area contributed by atoms with E-state index in [4.69, 9.17) is 20.3 Å². The van der Waals surface area contributed by atoms with E-state index in [0.29, 0.717) is 17.7 Å². The molecule has 0 unspecified atom stereocenters. The Labute approximate surface area is 140 Å². The summed E-state index contributed by atoms with van der Waals surface area (Å²) in [6.07, 6.45) is 0.606. The van der Waals surface area contributed by atoms with Gasteiger partial charge in [0.15, 0.2) is 0 Å². The van der Waals surface area contributed by atoms with Crippen LogP contribution in [0.5, 0.6) is 5.75 Å². The number of hydrogen-bond donors (Lipinski definition) is 2. The average molecular weight is 341 g/mol. The van der Waals surface area contributed by atoms with Crippen molar-refractivity contribution in [2.24, 2.45) is 0 Å². The molecule has 0 bridgehead atoms. The van der Waals surface area contributed by atoms with Gasteiger partial charge in [-0.3, -0.25) is 9.59 Å². The Morgan fingerprint density at radius 3 is 2.50 bits per heavy atom. The fourth-order valence-corrected chi connectivity index (χ4v) is 1.97. The summed E-state index contributed by atoms with van der Waals surface area (Å²) in [5.41, 5.74) is 5.35. The number of carboxylic acids is 1. The van der Waals surface area contributed by atoms with Gasteiger partial charge < -0.3 is 20.3 Å². The van der Waals surface area contributed by atoms with Gasteiger partial charge in [-0.2, -0.15) is 0 Å². The van der Waals surface area contributed by atoms with Crippen LogP contribution < -0.4 is 10.5 Å². The second-order valence-electron chi connectivity index (χ2n) is 6.41. The van der Waals surface area contributed by atoms with Crippen molar-refractivity contribution in [3.63, 3.8) is 0 Å². The zero-order valence-corrected chi connectivity index (χ0v) is 14.2. The van der Waals surface area contributed by atoms with Gasteiger partial charge in [-0.25, -0.2) is 4.39 Å². The van der Waals surface area contributed by atoms with Crippen LogP contribution in [0.15, 0.2) is 12.1 Å². The van der Waals surface area contributed by atoms with Crippen molar-refractivity contribution in [2.75, 3.05) is 12.3 Å². The first kappa shape index (κ1) is 19.7. The van der Waals surface area contributed by atoms with Crippen LogP contribution in [-0.2, 0) is 20.7 Å². The predicted molar refractivity (Wildman–Crippen MR) is 87.3 cm³/mol. The van der Waals surface area contributed by atoms with Gasteiger partial charge in [0, 0.05) is 18.9 Å². The number of nitrogen functional groups attached to an aromatic ring is 1. The highest BCUT2D eigenvalue weighted by molar-refractivity contribution is 5.69. The van der Waals surface area contributed by atoms with Gasteiger partial charge in [0.2, 0.25) is 0 Å². The number of ether oxygens (including phenoxy) is 2. The van der Waals surface area contributed by atoms with Crippen molar-refractivity contribution in [1.82, 2.24) is 0 Å². The molecule has 6 nitrogen and oxygen atoms in total. The molecule has 0 spiro atoms. The van der Waals surface area contributed by atoms with Crippen molar-refractivity contribution in [3.8, 4) is 5.75 Å². The molecule has 0 amide bonds. The van der Waals surface area contributed by atoms with Crippen LogP contribution in [0.3, 0.4) is 0 Å². The molecule has 0 fully saturated rings. The van der Waals surface area contributed by atoms with Gasteiger partial charge in [-0.15, -0.1) is 0 Å². The van der Waals surface area contributed by atoms with Crippen LogP contribution >= 0.6 is 0 Å². The molecule has 0 aliphatic carbocycles. The molecule has 0 atom stereocenters. The van der Waals surface area contributed by atoms with Gasteiger partial charge in [0.25, 0.3) is 0 Å². The number of esters is 1. The summed E-state index contributed by atoms with van der Waals surface area (Å²) >= 11 is 0. The summed E-state index contributed by atoms with van der Waals surface area (Å²) in [7, 11) is 0. The molecule has 0 aliphatic heterocycles. The molecular weight excluding hydrogens is 317 g/mol. The van der Waals surface area contributed by atoms with Crippen LogP contribution in [-0.4, -0.2) is 29.3 Å². The van der Waals surface area contributed by atoms with Crippen molar-refractivity contribution >= 4 is 17.6 Å². The molecule has 1 rings (SSSR count). The lowest BCUT2D eigenvalue weighted by molar-refractivity contribution is -0.155. The topological polar surface area (TPSA) is 98.9 Å². The maximum absolute atomic E-state index is 13.5. The summed E-state index contributed by atoms with van der Waals surface area (Å²) in [6, 6.07) is 2.52. The summed E-state index contributed by atoms with van der Waals surface area (Å²) in [6.45, 7) is 5.58. The highest BCUT2D eigenvalue weighted by Crippen LogP contribution is 2.26. The van der Waals surface area contributed by atoms with Crippen LogP contribution in [0.25, 0.3) is 0 Å². The van der Waals surface area contributed by atoms with E-state index in [1.165, 1.54) is 12.1 Å². The van der Waals surface area contributed by atoms with Crippen molar-refractivity contribution in [1.29, 1.82) is 0 Å². The number of benzene rings is 1. The largest absolute Gasteiger partial charge is 0.493 e. The zero-order valence-electron chi connectivity index (χ0n) is 14.2. The minimum absolute atomic E-state index is 0.0729. The number of carbonyl (C=O) groups is 2. The lowest BCUT2D eigenvalue weighted by Crippen LogP contribution is -2.24. The van der Waals surface area contributed by atoms with Crippen molar-refractivity contribution in [2.45, 2.75) is 52.1 Å². The second kappa shape index (κ2) is 8.52. The Balaban J connectivity index is 2.58. The number of anilines is 1. The Bertz CT molecular complexity index is 595. The minimum Gasteiger partial charge on any atom is -0.493 e. The highest BCUT2D eigenvalue weighted by atomic mass is 19.1. The van der Waals surface area contributed by atoms with E-state index < -0.39 is 17.4 Å². The Morgan fingerprint density at radius 2 is 1.92 bits per heavy atom. The number of rotatable bonds is 8. The number of carbonyl (C=O) groups excluding carboxylic acids is 1. The van der Waals surface area contributed by atoms with Crippen LogP contribution in [0, 0.1) is 5.82 Å². The van der Waals surface area contributed by atoms with Crippen LogP contribution in [0.2, 0.25) is 0 Å². The molecule has 7 heteroatoms. The second-order valence-corrected chi connectivity index (χ2v) is 6.41. The highest BCUT2D eigenvalue weighted by Gasteiger charge is 2.16. The summed E-state index contributed by atoms with van der Waals surface area (Å²) in [5, 5.41) is 8.75. The number of carboxylic acid groups (broad SMARTS) is 1. The number of halogens is 1. The third-order valence-electron chi connectivity index (χ3n) is 2.99. The summed E-state index contributed by atoms with van der Waals surface area (Å²) in [4.78, 5) is 22.3. The molecule has 0 aromatic heterocycles. The number of aryl methyl sites for hydroxylation is 1. The van der Waals surface area contributed by atoms with E-state index in [2.05, 4.69) is 0 Å². The van der Waals surface area contributed by atoms with Crippen molar-refractivity contribution in [3.05, 3.63) is 23.5 Å². The Hall–Kier alpha value is -2.31. The fraction of sp³-hybridized carbons (Fsp3) is 0.529. The molecule has 0 saturated carbocycles. The van der Waals surface area contributed by atoms with Gasteiger partial charge in [-0.1, -0.05) is 0 Å². The van der Waals surface area contributed by atoms with E-state index in [9.17, 15) is 14.0 Å². The van der Waals surface area contributed by atoms with Gasteiger partial charge in [0.1, 0.15) is 17.2 Å². The quantitative estimate of drug-likeness (QED) is 0.428.